The molecule has 7 heteroatoms. The first kappa shape index (κ1) is 13.6. The zero-order valence-electron chi connectivity index (χ0n) is 12.1. The number of ether oxygens (including phenoxy) is 2. The van der Waals surface area contributed by atoms with Gasteiger partial charge in [0.2, 0.25) is 11.6 Å². The fourth-order valence-electron chi connectivity index (χ4n) is 3.35. The number of hydrogen-bond donors (Lipinski definition) is 0. The van der Waals surface area contributed by atoms with E-state index in [0.717, 1.165) is 5.56 Å². The summed E-state index contributed by atoms with van der Waals surface area (Å²) >= 11 is 1.38. The molecule has 1 fully saturated rings. The van der Waals surface area contributed by atoms with Gasteiger partial charge in [-0.05, 0) is 13.0 Å². The van der Waals surface area contributed by atoms with Crippen molar-refractivity contribution < 1.29 is 19.1 Å². The largest absolute Gasteiger partial charge is 0.469 e. The van der Waals surface area contributed by atoms with Gasteiger partial charge in [-0.3, -0.25) is 14.5 Å². The molecule has 3 heterocycles. The molecule has 4 rings (SSSR count). The molecule has 0 saturated carbocycles. The number of thioether (sulfide) groups is 1. The number of benzene rings is 1. The number of para-hydroxylation sites is 1. The van der Waals surface area contributed by atoms with E-state index in [1.54, 1.807) is 11.8 Å². The van der Waals surface area contributed by atoms with Crippen LogP contribution in [0, 0.1) is 5.92 Å². The Balaban J connectivity index is 1.97. The highest BCUT2D eigenvalue weighted by Crippen LogP contribution is 2.52. The van der Waals surface area contributed by atoms with Crippen molar-refractivity contribution in [2.45, 2.75) is 18.7 Å². The SMILES string of the molecule is COC(=O)[C@H]1[C@@H]2c3ccccc3O[C@]1(C)N=C1SCC(=O)N12. The highest BCUT2D eigenvalue weighted by atomic mass is 32.2. The van der Waals surface area contributed by atoms with Gasteiger partial charge in [-0.25, -0.2) is 4.99 Å². The Kier molecular flexibility index (Phi) is 2.78. The Morgan fingerprint density at radius 1 is 1.50 bits per heavy atom. The third-order valence-electron chi connectivity index (χ3n) is 4.30. The Hall–Kier alpha value is -2.02. The maximum absolute atomic E-state index is 12.4. The van der Waals surface area contributed by atoms with Crippen molar-refractivity contribution in [2.75, 3.05) is 12.9 Å². The lowest BCUT2D eigenvalue weighted by Gasteiger charge is -2.48. The second-order valence-electron chi connectivity index (χ2n) is 5.59. The van der Waals surface area contributed by atoms with E-state index < -0.39 is 23.7 Å². The smallest absolute Gasteiger partial charge is 0.317 e. The number of methoxy groups -OCH3 is 1. The third kappa shape index (κ3) is 1.65. The summed E-state index contributed by atoms with van der Waals surface area (Å²) in [5, 5.41) is 0.618. The molecule has 3 aliphatic heterocycles. The van der Waals surface area contributed by atoms with E-state index >= 15 is 0 Å². The molecule has 0 radical (unpaired) electrons. The van der Waals surface area contributed by atoms with Gasteiger partial charge in [-0.1, -0.05) is 30.0 Å². The first-order valence-electron chi connectivity index (χ1n) is 6.95. The van der Waals surface area contributed by atoms with E-state index in [0.29, 0.717) is 16.7 Å². The van der Waals surface area contributed by atoms with Gasteiger partial charge >= 0.3 is 5.97 Å². The summed E-state index contributed by atoms with van der Waals surface area (Å²) in [6.45, 7) is 1.77. The standard InChI is InChI=1S/C15H14N2O4S/c1-15-11(13(19)20-2)12(8-5-3-4-6-9(8)21-15)17-10(18)7-22-14(17)16-15/h3-6,11-12H,7H2,1-2H3/t11-,12+,15+/m1/s1. The molecule has 114 valence electrons. The molecule has 22 heavy (non-hydrogen) atoms. The van der Waals surface area contributed by atoms with Crippen LogP contribution < -0.4 is 4.74 Å². The molecule has 1 amide bonds. The molecule has 1 saturated heterocycles. The Morgan fingerprint density at radius 3 is 3.05 bits per heavy atom. The van der Waals surface area contributed by atoms with Crippen molar-refractivity contribution >= 4 is 28.8 Å². The molecule has 1 aromatic rings. The minimum absolute atomic E-state index is 0.0404. The van der Waals surface area contributed by atoms with Crippen LogP contribution >= 0.6 is 11.8 Å². The summed E-state index contributed by atoms with van der Waals surface area (Å²) in [7, 11) is 1.34. The van der Waals surface area contributed by atoms with Crippen LogP contribution in [0.4, 0.5) is 0 Å². The molecule has 0 N–H and O–H groups in total. The fraction of sp³-hybridized carbons (Fsp3) is 0.400. The lowest BCUT2D eigenvalue weighted by atomic mass is 9.80. The van der Waals surface area contributed by atoms with Crippen LogP contribution in [-0.2, 0) is 14.3 Å². The van der Waals surface area contributed by atoms with Crippen molar-refractivity contribution in [2.24, 2.45) is 10.9 Å². The molecule has 0 unspecified atom stereocenters. The monoisotopic (exact) mass is 318 g/mol. The number of nitrogens with zero attached hydrogens (tertiary/aromatic N) is 2. The van der Waals surface area contributed by atoms with Gasteiger partial charge < -0.3 is 9.47 Å². The van der Waals surface area contributed by atoms with Gasteiger partial charge in [0.1, 0.15) is 11.7 Å². The first-order chi connectivity index (χ1) is 10.5. The lowest BCUT2D eigenvalue weighted by molar-refractivity contribution is -0.161. The maximum atomic E-state index is 12.4. The lowest BCUT2D eigenvalue weighted by Crippen LogP contribution is -2.59. The Bertz CT molecular complexity index is 719. The maximum Gasteiger partial charge on any atom is 0.317 e. The molecule has 0 aromatic heterocycles. The van der Waals surface area contributed by atoms with Crippen molar-refractivity contribution in [3.63, 3.8) is 0 Å². The highest BCUT2D eigenvalue weighted by molar-refractivity contribution is 8.15. The zero-order valence-corrected chi connectivity index (χ0v) is 12.9. The number of amides is 1. The first-order valence-corrected chi connectivity index (χ1v) is 7.94. The second-order valence-corrected chi connectivity index (χ2v) is 6.53. The van der Waals surface area contributed by atoms with Crippen molar-refractivity contribution in [1.82, 2.24) is 4.90 Å². The molecule has 3 aliphatic rings. The third-order valence-corrected chi connectivity index (χ3v) is 5.23. The van der Waals surface area contributed by atoms with Crippen LogP contribution in [0.1, 0.15) is 18.5 Å². The fourth-order valence-corrected chi connectivity index (χ4v) is 4.35. The van der Waals surface area contributed by atoms with Crippen LogP contribution in [0.25, 0.3) is 0 Å². The summed E-state index contributed by atoms with van der Waals surface area (Å²) in [4.78, 5) is 30.9. The van der Waals surface area contributed by atoms with Crippen molar-refractivity contribution in [3.05, 3.63) is 29.8 Å². The number of amidine groups is 1. The van der Waals surface area contributed by atoms with E-state index in [-0.39, 0.29) is 5.91 Å². The number of rotatable bonds is 1. The molecule has 0 spiro atoms. The second kappa shape index (κ2) is 4.49. The van der Waals surface area contributed by atoms with Crippen molar-refractivity contribution in [1.29, 1.82) is 0 Å². The Labute approximate surface area is 131 Å². The summed E-state index contributed by atoms with van der Waals surface area (Å²) < 4.78 is 11.0. The topological polar surface area (TPSA) is 68.2 Å². The van der Waals surface area contributed by atoms with Gasteiger partial charge in [-0.15, -0.1) is 0 Å². The quantitative estimate of drug-likeness (QED) is 0.735. The minimum Gasteiger partial charge on any atom is -0.469 e. The van der Waals surface area contributed by atoms with Gasteiger partial charge in [0.15, 0.2) is 5.17 Å². The number of esters is 1. The van der Waals surface area contributed by atoms with Gasteiger partial charge in [0.05, 0.1) is 18.9 Å². The summed E-state index contributed by atoms with van der Waals surface area (Å²) in [6, 6.07) is 7.02. The number of aliphatic imine (C=N–C) groups is 1. The minimum atomic E-state index is -1.06. The van der Waals surface area contributed by atoms with Gasteiger partial charge in [-0.2, -0.15) is 0 Å². The molecule has 1 aromatic carbocycles. The predicted molar refractivity (Wildman–Crippen MR) is 80.5 cm³/mol. The summed E-state index contributed by atoms with van der Waals surface area (Å²) in [6.07, 6.45) is 0. The normalized spacial score (nSPS) is 31.8. The van der Waals surface area contributed by atoms with E-state index in [2.05, 4.69) is 4.99 Å². The summed E-state index contributed by atoms with van der Waals surface area (Å²) in [5.41, 5.74) is -0.242. The van der Waals surface area contributed by atoms with Crippen LogP contribution in [0.3, 0.4) is 0 Å². The average Bonchev–Trinajstić information content (AvgIpc) is 2.85. The number of hydrogen-bond acceptors (Lipinski definition) is 6. The van der Waals surface area contributed by atoms with E-state index in [1.807, 2.05) is 24.3 Å². The molecule has 0 aliphatic carbocycles. The van der Waals surface area contributed by atoms with Crippen LogP contribution in [0.15, 0.2) is 29.3 Å². The molecular weight excluding hydrogens is 304 g/mol. The number of carbonyl (C=O) groups is 2. The van der Waals surface area contributed by atoms with Crippen LogP contribution in [0.2, 0.25) is 0 Å². The predicted octanol–water partition coefficient (Wildman–Crippen LogP) is 1.57. The van der Waals surface area contributed by atoms with E-state index in [9.17, 15) is 9.59 Å². The van der Waals surface area contributed by atoms with Gasteiger partial charge in [0.25, 0.3) is 0 Å². The van der Waals surface area contributed by atoms with E-state index in [1.165, 1.54) is 18.9 Å². The molecular formula is C15H14N2O4S. The molecule has 3 atom stereocenters. The number of carbonyl (C=O) groups excluding carboxylic acids is 2. The van der Waals surface area contributed by atoms with E-state index in [4.69, 9.17) is 9.47 Å². The van der Waals surface area contributed by atoms with Crippen molar-refractivity contribution in [3.8, 4) is 5.75 Å². The average molecular weight is 318 g/mol. The Morgan fingerprint density at radius 2 is 2.27 bits per heavy atom. The summed E-state index contributed by atoms with van der Waals surface area (Å²) in [5.74, 6) is -0.154. The molecule has 2 bridgehead atoms. The highest BCUT2D eigenvalue weighted by Gasteiger charge is 2.59. The van der Waals surface area contributed by atoms with Crippen LogP contribution in [-0.4, -0.2) is 40.5 Å². The van der Waals surface area contributed by atoms with Crippen LogP contribution in [0.5, 0.6) is 5.75 Å². The molecule has 6 nitrogen and oxygen atoms in total. The number of fused-ring (bicyclic) bond motifs is 6. The van der Waals surface area contributed by atoms with Gasteiger partial charge in [0, 0.05) is 5.56 Å². The zero-order chi connectivity index (χ0) is 15.5.